The van der Waals surface area contributed by atoms with E-state index in [1.807, 2.05) is 6.92 Å². The lowest BCUT2D eigenvalue weighted by Crippen LogP contribution is -2.30. The van der Waals surface area contributed by atoms with Crippen molar-refractivity contribution in [1.82, 2.24) is 15.3 Å². The first-order chi connectivity index (χ1) is 9.69. The fourth-order valence-corrected chi connectivity index (χ4v) is 2.46. The molecule has 2 rings (SSSR count). The third kappa shape index (κ3) is 4.09. The van der Waals surface area contributed by atoms with E-state index in [-0.39, 0.29) is 17.8 Å². The number of carbonyl (C=O) groups excluding carboxylic acids is 1. The molecule has 0 aliphatic heterocycles. The summed E-state index contributed by atoms with van der Waals surface area (Å²) in [5, 5.41) is 2.92. The van der Waals surface area contributed by atoms with Crippen molar-refractivity contribution in [3.05, 3.63) is 48.3 Å². The Kier molecular flexibility index (Phi) is 5.17. The van der Waals surface area contributed by atoms with Crippen LogP contribution >= 0.6 is 11.8 Å². The zero-order valence-corrected chi connectivity index (χ0v) is 11.9. The minimum Gasteiger partial charge on any atom is -0.347 e. The molecule has 1 amide bonds. The fourth-order valence-electron chi connectivity index (χ4n) is 1.75. The van der Waals surface area contributed by atoms with Crippen LogP contribution in [0.2, 0.25) is 0 Å². The summed E-state index contributed by atoms with van der Waals surface area (Å²) >= 11 is 1.38. The lowest BCUT2D eigenvalue weighted by Gasteiger charge is -2.14. The first-order valence-electron chi connectivity index (χ1n) is 6.36. The molecule has 0 spiro atoms. The van der Waals surface area contributed by atoms with E-state index in [0.717, 1.165) is 17.1 Å². The van der Waals surface area contributed by atoms with E-state index in [9.17, 15) is 9.18 Å². The van der Waals surface area contributed by atoms with Crippen LogP contribution in [0.15, 0.2) is 41.6 Å². The maximum atomic E-state index is 12.8. The Bertz CT molecular complexity index is 542. The van der Waals surface area contributed by atoms with Crippen LogP contribution in [0.5, 0.6) is 0 Å². The Morgan fingerprint density at radius 1 is 1.45 bits per heavy atom. The van der Waals surface area contributed by atoms with Gasteiger partial charge in [0, 0.05) is 17.3 Å². The quantitative estimate of drug-likeness (QED) is 0.805. The normalized spacial score (nSPS) is 12.1. The number of rotatable bonds is 6. The SMILES string of the molecule is CCC(NC(=O)CSc1ccc(F)cc1)c1ncc[nH]1. The second-order valence-corrected chi connectivity index (χ2v) is 5.29. The molecule has 0 aliphatic carbocycles. The molecule has 0 bridgehead atoms. The second-order valence-electron chi connectivity index (χ2n) is 4.25. The third-order valence-corrected chi connectivity index (χ3v) is 3.79. The van der Waals surface area contributed by atoms with Crippen molar-refractivity contribution in [2.75, 3.05) is 5.75 Å². The van der Waals surface area contributed by atoms with Crippen LogP contribution in [-0.4, -0.2) is 21.6 Å². The summed E-state index contributed by atoms with van der Waals surface area (Å²) in [6, 6.07) is 6.00. The van der Waals surface area contributed by atoms with Crippen LogP contribution in [0.1, 0.15) is 25.2 Å². The molecule has 20 heavy (non-hydrogen) atoms. The fraction of sp³-hybridized carbons (Fsp3) is 0.286. The van der Waals surface area contributed by atoms with Gasteiger partial charge in [-0.25, -0.2) is 9.37 Å². The molecule has 0 saturated heterocycles. The highest BCUT2D eigenvalue weighted by Crippen LogP contribution is 2.18. The van der Waals surface area contributed by atoms with Gasteiger partial charge in [0.2, 0.25) is 5.91 Å². The standard InChI is InChI=1S/C14H16FN3OS/c1-2-12(14-16-7-8-17-14)18-13(19)9-20-11-5-3-10(15)4-6-11/h3-8,12H,2,9H2,1H3,(H,16,17)(H,18,19). The molecule has 6 heteroatoms. The largest absolute Gasteiger partial charge is 0.347 e. The van der Waals surface area contributed by atoms with Gasteiger partial charge in [-0.2, -0.15) is 0 Å². The van der Waals surface area contributed by atoms with Gasteiger partial charge in [0.05, 0.1) is 11.8 Å². The monoisotopic (exact) mass is 293 g/mol. The van der Waals surface area contributed by atoms with Crippen LogP contribution < -0.4 is 5.32 Å². The number of amides is 1. The number of H-pyrrole nitrogens is 1. The first-order valence-corrected chi connectivity index (χ1v) is 7.34. The number of imidazole rings is 1. The Morgan fingerprint density at radius 3 is 2.80 bits per heavy atom. The molecule has 1 heterocycles. The van der Waals surface area contributed by atoms with E-state index in [0.29, 0.717) is 5.75 Å². The Labute approximate surface area is 121 Å². The Balaban J connectivity index is 1.84. The molecular formula is C14H16FN3OS. The molecule has 1 aromatic heterocycles. The van der Waals surface area contributed by atoms with Crippen molar-refractivity contribution < 1.29 is 9.18 Å². The molecule has 4 nitrogen and oxygen atoms in total. The summed E-state index contributed by atoms with van der Waals surface area (Å²) in [6.07, 6.45) is 4.16. The number of benzene rings is 1. The number of hydrogen-bond donors (Lipinski definition) is 2. The van der Waals surface area contributed by atoms with Gasteiger partial charge < -0.3 is 10.3 Å². The lowest BCUT2D eigenvalue weighted by molar-refractivity contribution is -0.119. The highest BCUT2D eigenvalue weighted by atomic mass is 32.2. The highest BCUT2D eigenvalue weighted by Gasteiger charge is 2.14. The van der Waals surface area contributed by atoms with Crippen molar-refractivity contribution in [1.29, 1.82) is 0 Å². The smallest absolute Gasteiger partial charge is 0.230 e. The number of aromatic amines is 1. The van der Waals surface area contributed by atoms with E-state index < -0.39 is 0 Å². The minimum absolute atomic E-state index is 0.0671. The molecule has 106 valence electrons. The van der Waals surface area contributed by atoms with Crippen molar-refractivity contribution in [3.8, 4) is 0 Å². The average Bonchev–Trinajstić information content (AvgIpc) is 2.98. The van der Waals surface area contributed by atoms with Crippen molar-refractivity contribution in [2.45, 2.75) is 24.3 Å². The van der Waals surface area contributed by atoms with E-state index >= 15 is 0 Å². The zero-order chi connectivity index (χ0) is 14.4. The number of nitrogens with zero attached hydrogens (tertiary/aromatic N) is 1. The first kappa shape index (κ1) is 14.6. The van der Waals surface area contributed by atoms with Gasteiger partial charge in [-0.3, -0.25) is 4.79 Å². The summed E-state index contributed by atoms with van der Waals surface area (Å²) in [6.45, 7) is 1.99. The average molecular weight is 293 g/mol. The van der Waals surface area contributed by atoms with Crippen molar-refractivity contribution in [2.24, 2.45) is 0 Å². The topological polar surface area (TPSA) is 57.8 Å². The summed E-state index contributed by atoms with van der Waals surface area (Å²) in [5.41, 5.74) is 0. The van der Waals surface area contributed by atoms with E-state index in [2.05, 4.69) is 15.3 Å². The maximum Gasteiger partial charge on any atom is 0.230 e. The van der Waals surface area contributed by atoms with Gasteiger partial charge in [0.1, 0.15) is 11.6 Å². The van der Waals surface area contributed by atoms with Gasteiger partial charge in [0.15, 0.2) is 0 Å². The second kappa shape index (κ2) is 7.09. The third-order valence-electron chi connectivity index (χ3n) is 2.78. The van der Waals surface area contributed by atoms with Crippen molar-refractivity contribution in [3.63, 3.8) is 0 Å². The number of aromatic nitrogens is 2. The number of thioether (sulfide) groups is 1. The molecule has 0 aliphatic rings. The minimum atomic E-state index is -0.275. The molecule has 0 radical (unpaired) electrons. The maximum absolute atomic E-state index is 12.8. The van der Waals surface area contributed by atoms with Gasteiger partial charge in [-0.15, -0.1) is 11.8 Å². The summed E-state index contributed by atoms with van der Waals surface area (Å²) in [7, 11) is 0. The molecule has 2 aromatic rings. The number of carbonyl (C=O) groups is 1. The molecule has 2 N–H and O–H groups in total. The van der Waals surface area contributed by atoms with Crippen LogP contribution in [0.25, 0.3) is 0 Å². The number of nitrogens with one attached hydrogen (secondary N) is 2. The molecular weight excluding hydrogens is 277 g/mol. The number of hydrogen-bond acceptors (Lipinski definition) is 3. The summed E-state index contributed by atoms with van der Waals surface area (Å²) in [5.74, 6) is 0.709. The lowest BCUT2D eigenvalue weighted by atomic mass is 10.2. The molecule has 1 atom stereocenters. The summed E-state index contributed by atoms with van der Waals surface area (Å²) < 4.78 is 12.8. The molecule has 0 saturated carbocycles. The highest BCUT2D eigenvalue weighted by molar-refractivity contribution is 8.00. The van der Waals surface area contributed by atoms with Crippen LogP contribution in [0.4, 0.5) is 4.39 Å². The van der Waals surface area contributed by atoms with Crippen LogP contribution in [0, 0.1) is 5.82 Å². The van der Waals surface area contributed by atoms with E-state index in [4.69, 9.17) is 0 Å². The van der Waals surface area contributed by atoms with Gasteiger partial charge in [-0.05, 0) is 30.7 Å². The van der Waals surface area contributed by atoms with Gasteiger partial charge >= 0.3 is 0 Å². The zero-order valence-electron chi connectivity index (χ0n) is 11.1. The number of halogens is 1. The van der Waals surface area contributed by atoms with E-state index in [1.54, 1.807) is 24.5 Å². The molecule has 1 aromatic carbocycles. The Hall–Kier alpha value is -1.82. The van der Waals surface area contributed by atoms with Crippen LogP contribution in [0.3, 0.4) is 0 Å². The Morgan fingerprint density at radius 2 is 2.20 bits per heavy atom. The van der Waals surface area contributed by atoms with Gasteiger partial charge in [0.25, 0.3) is 0 Å². The van der Waals surface area contributed by atoms with Crippen molar-refractivity contribution >= 4 is 17.7 Å². The van der Waals surface area contributed by atoms with Gasteiger partial charge in [-0.1, -0.05) is 6.92 Å². The molecule has 0 fully saturated rings. The predicted octanol–water partition coefficient (Wildman–Crippen LogP) is 2.91. The van der Waals surface area contributed by atoms with Crippen LogP contribution in [-0.2, 0) is 4.79 Å². The predicted molar refractivity (Wildman–Crippen MR) is 76.9 cm³/mol. The molecule has 1 unspecified atom stereocenters. The summed E-state index contributed by atoms with van der Waals surface area (Å²) in [4.78, 5) is 19.9. The van der Waals surface area contributed by atoms with E-state index in [1.165, 1.54) is 23.9 Å².